The van der Waals surface area contributed by atoms with E-state index >= 15 is 0 Å². The van der Waals surface area contributed by atoms with Crippen molar-refractivity contribution in [2.75, 3.05) is 11.1 Å². The van der Waals surface area contributed by atoms with Crippen molar-refractivity contribution in [1.29, 1.82) is 0 Å². The normalized spacial score (nSPS) is 17.6. The Morgan fingerprint density at radius 2 is 1.77 bits per heavy atom. The van der Waals surface area contributed by atoms with Gasteiger partial charge >= 0.3 is 0 Å². The summed E-state index contributed by atoms with van der Waals surface area (Å²) >= 11 is 0. The van der Waals surface area contributed by atoms with Crippen molar-refractivity contribution in [3.8, 4) is 0 Å². The molecule has 1 unspecified atom stereocenters. The molecule has 0 aromatic heterocycles. The number of anilines is 1. The summed E-state index contributed by atoms with van der Waals surface area (Å²) in [6.07, 6.45) is 1.15. The molecule has 0 radical (unpaired) electrons. The number of carbonyl (C=O) groups excluding carboxylic acids is 2. The maximum absolute atomic E-state index is 12.5. The largest absolute Gasteiger partial charge is 0.344 e. The van der Waals surface area contributed by atoms with E-state index in [-0.39, 0.29) is 23.3 Å². The number of hydrogen-bond donors (Lipinski definition) is 2. The summed E-state index contributed by atoms with van der Waals surface area (Å²) in [6, 6.07) is 13.0. The molecule has 0 saturated carbocycles. The van der Waals surface area contributed by atoms with Gasteiger partial charge in [-0.25, -0.2) is 8.42 Å². The zero-order chi connectivity index (χ0) is 18.7. The maximum atomic E-state index is 12.5. The molecule has 1 atom stereocenters. The second-order valence-electron chi connectivity index (χ2n) is 6.05. The molecule has 7 heteroatoms. The van der Waals surface area contributed by atoms with Gasteiger partial charge in [0.15, 0.2) is 9.84 Å². The van der Waals surface area contributed by atoms with E-state index in [0.29, 0.717) is 16.8 Å². The lowest BCUT2D eigenvalue weighted by Crippen LogP contribution is -2.37. The Morgan fingerprint density at radius 3 is 2.46 bits per heavy atom. The summed E-state index contributed by atoms with van der Waals surface area (Å²) in [4.78, 5) is 23.8. The molecule has 0 fully saturated rings. The molecule has 2 N–H and O–H groups in total. The number of nitrogens with one attached hydrogen (secondary N) is 2. The Morgan fingerprint density at radius 1 is 1.08 bits per heavy atom. The monoisotopic (exact) mass is 370 g/mol. The van der Waals surface area contributed by atoms with E-state index in [1.807, 2.05) is 12.1 Å². The van der Waals surface area contributed by atoms with E-state index in [1.54, 1.807) is 36.4 Å². The van der Waals surface area contributed by atoms with Gasteiger partial charge in [0, 0.05) is 11.3 Å². The second kappa shape index (κ2) is 7.13. The number of carbonyl (C=O) groups is 2. The van der Waals surface area contributed by atoms with E-state index in [2.05, 4.69) is 17.2 Å². The van der Waals surface area contributed by atoms with Crippen LogP contribution in [0.2, 0.25) is 0 Å². The smallest absolute Gasteiger partial charge is 0.251 e. The van der Waals surface area contributed by atoms with E-state index in [9.17, 15) is 18.0 Å². The van der Waals surface area contributed by atoms with Gasteiger partial charge in [-0.1, -0.05) is 30.8 Å². The third-order valence-corrected chi connectivity index (χ3v) is 5.72. The van der Waals surface area contributed by atoms with Crippen LogP contribution in [0, 0.1) is 0 Å². The van der Waals surface area contributed by atoms with Gasteiger partial charge in [0.2, 0.25) is 5.91 Å². The summed E-state index contributed by atoms with van der Waals surface area (Å²) in [6.45, 7) is 3.37. The molecule has 3 rings (SSSR count). The lowest BCUT2D eigenvalue weighted by Gasteiger charge is -2.26. The first-order valence-corrected chi connectivity index (χ1v) is 9.83. The molecular formula is C19H18N2O4S. The minimum absolute atomic E-state index is 0.00670. The fourth-order valence-corrected chi connectivity index (χ4v) is 4.53. The molecule has 1 aliphatic rings. The molecule has 26 heavy (non-hydrogen) atoms. The van der Waals surface area contributed by atoms with Crippen molar-refractivity contribution in [2.24, 2.45) is 0 Å². The first kappa shape index (κ1) is 17.9. The van der Waals surface area contributed by atoms with Crippen LogP contribution in [-0.4, -0.2) is 26.0 Å². The van der Waals surface area contributed by atoms with Crippen molar-refractivity contribution in [3.05, 3.63) is 77.9 Å². The standard InChI is InChI=1S/C19H18N2O4S/c1-2-18(22)20-15-9-7-13(8-10-15)19(23)21-17-12-26(24,25)11-14-5-3-4-6-16(14)17/h2-10,17H,1,11-12H2,(H,20,22)(H,21,23). The predicted octanol–water partition coefficient (Wildman–Crippen LogP) is 2.21. The average Bonchev–Trinajstić information content (AvgIpc) is 2.61. The van der Waals surface area contributed by atoms with Crippen LogP contribution in [0.25, 0.3) is 0 Å². The van der Waals surface area contributed by atoms with Crippen LogP contribution in [0.3, 0.4) is 0 Å². The van der Waals surface area contributed by atoms with Crippen LogP contribution in [-0.2, 0) is 20.4 Å². The van der Waals surface area contributed by atoms with Crippen LogP contribution in [0.1, 0.15) is 27.5 Å². The summed E-state index contributed by atoms with van der Waals surface area (Å²) in [7, 11) is -3.27. The van der Waals surface area contributed by atoms with Gasteiger partial charge in [0.25, 0.3) is 5.91 Å². The average molecular weight is 370 g/mol. The molecule has 0 saturated heterocycles. The van der Waals surface area contributed by atoms with Gasteiger partial charge in [0.1, 0.15) is 0 Å². The lowest BCUT2D eigenvalue weighted by atomic mass is 10.0. The highest BCUT2D eigenvalue weighted by Gasteiger charge is 2.30. The minimum atomic E-state index is -3.27. The first-order valence-electron chi connectivity index (χ1n) is 8.00. The molecule has 2 aromatic carbocycles. The highest BCUT2D eigenvalue weighted by atomic mass is 32.2. The fraction of sp³-hybridized carbons (Fsp3) is 0.158. The zero-order valence-electron chi connectivity index (χ0n) is 13.9. The summed E-state index contributed by atoms with van der Waals surface area (Å²) in [5.74, 6) is -0.842. The van der Waals surface area contributed by atoms with Crippen LogP contribution >= 0.6 is 0 Å². The van der Waals surface area contributed by atoms with Crippen molar-refractivity contribution in [3.63, 3.8) is 0 Å². The third kappa shape index (κ3) is 4.00. The number of hydrogen-bond acceptors (Lipinski definition) is 4. The molecule has 2 amide bonds. The highest BCUT2D eigenvalue weighted by molar-refractivity contribution is 7.90. The summed E-state index contributed by atoms with van der Waals surface area (Å²) in [5, 5.41) is 5.39. The number of amides is 2. The Hall–Kier alpha value is -2.93. The molecule has 1 aliphatic heterocycles. The Labute approximate surface area is 151 Å². The molecular weight excluding hydrogens is 352 g/mol. The predicted molar refractivity (Wildman–Crippen MR) is 99.4 cm³/mol. The second-order valence-corrected chi connectivity index (χ2v) is 8.16. The molecule has 0 aliphatic carbocycles. The number of sulfone groups is 1. The van der Waals surface area contributed by atoms with Crippen LogP contribution in [0.15, 0.2) is 61.2 Å². The molecule has 6 nitrogen and oxygen atoms in total. The van der Waals surface area contributed by atoms with Gasteiger partial charge in [-0.05, 0) is 41.5 Å². The molecule has 1 heterocycles. The fourth-order valence-electron chi connectivity index (χ4n) is 2.90. The number of fused-ring (bicyclic) bond motifs is 1. The minimum Gasteiger partial charge on any atom is -0.344 e. The topological polar surface area (TPSA) is 92.3 Å². The van der Waals surface area contributed by atoms with E-state index in [0.717, 1.165) is 11.6 Å². The van der Waals surface area contributed by atoms with Crippen molar-refractivity contribution >= 4 is 27.3 Å². The molecule has 0 spiro atoms. The summed E-state index contributed by atoms with van der Waals surface area (Å²) in [5.41, 5.74) is 2.45. The van der Waals surface area contributed by atoms with Crippen molar-refractivity contribution < 1.29 is 18.0 Å². The maximum Gasteiger partial charge on any atom is 0.251 e. The number of benzene rings is 2. The van der Waals surface area contributed by atoms with Crippen LogP contribution < -0.4 is 10.6 Å². The van der Waals surface area contributed by atoms with Crippen molar-refractivity contribution in [2.45, 2.75) is 11.8 Å². The lowest BCUT2D eigenvalue weighted by molar-refractivity contribution is -0.111. The molecule has 0 bridgehead atoms. The SMILES string of the molecule is C=CC(=O)Nc1ccc(C(=O)NC2CS(=O)(=O)Cc3ccccc32)cc1. The first-order chi connectivity index (χ1) is 12.4. The van der Waals surface area contributed by atoms with Gasteiger partial charge < -0.3 is 10.6 Å². The van der Waals surface area contributed by atoms with Gasteiger partial charge in [-0.15, -0.1) is 0 Å². The van der Waals surface area contributed by atoms with E-state index in [4.69, 9.17) is 0 Å². The Kier molecular flexibility index (Phi) is 4.90. The molecule has 2 aromatic rings. The third-order valence-electron chi connectivity index (χ3n) is 4.13. The summed E-state index contributed by atoms with van der Waals surface area (Å²) < 4.78 is 24.2. The van der Waals surface area contributed by atoms with Gasteiger partial charge in [-0.2, -0.15) is 0 Å². The zero-order valence-corrected chi connectivity index (χ0v) is 14.8. The van der Waals surface area contributed by atoms with Crippen LogP contribution in [0.5, 0.6) is 0 Å². The van der Waals surface area contributed by atoms with Crippen molar-refractivity contribution in [1.82, 2.24) is 5.32 Å². The highest BCUT2D eigenvalue weighted by Crippen LogP contribution is 2.28. The molecule has 134 valence electrons. The van der Waals surface area contributed by atoms with Gasteiger partial charge in [0.05, 0.1) is 17.5 Å². The number of rotatable bonds is 4. The van der Waals surface area contributed by atoms with Crippen LogP contribution in [0.4, 0.5) is 5.69 Å². The van der Waals surface area contributed by atoms with Gasteiger partial charge in [-0.3, -0.25) is 9.59 Å². The quantitative estimate of drug-likeness (QED) is 0.807. The Balaban J connectivity index is 1.77. The van der Waals surface area contributed by atoms with E-state index in [1.165, 1.54) is 0 Å². The van der Waals surface area contributed by atoms with E-state index < -0.39 is 15.9 Å². The Bertz CT molecular complexity index is 965.